The van der Waals surface area contributed by atoms with Crippen molar-refractivity contribution >= 4 is 5.78 Å². The summed E-state index contributed by atoms with van der Waals surface area (Å²) in [7, 11) is 0. The van der Waals surface area contributed by atoms with Gasteiger partial charge in [-0.25, -0.2) is 0 Å². The highest BCUT2D eigenvalue weighted by Gasteiger charge is 2.39. The molecule has 0 amide bonds. The van der Waals surface area contributed by atoms with Crippen molar-refractivity contribution in [3.05, 3.63) is 0 Å². The maximum Gasteiger partial charge on any atom is 0.167 e. The van der Waals surface area contributed by atoms with Crippen molar-refractivity contribution < 1.29 is 24.5 Å². The Balaban J connectivity index is 1.83. The van der Waals surface area contributed by atoms with Crippen molar-refractivity contribution in [2.24, 2.45) is 5.92 Å². The quantitative estimate of drug-likeness (QED) is 0.773. The lowest BCUT2D eigenvalue weighted by Crippen LogP contribution is -2.47. The fourth-order valence-electron chi connectivity index (χ4n) is 2.77. The van der Waals surface area contributed by atoms with Crippen LogP contribution in [0.1, 0.15) is 39.0 Å². The first-order valence-electron chi connectivity index (χ1n) is 6.74. The molecular formula is C13H22O5. The molecule has 2 heterocycles. The second-order valence-corrected chi connectivity index (χ2v) is 5.31. The molecule has 0 spiro atoms. The minimum atomic E-state index is -1.18. The average molecular weight is 258 g/mol. The molecule has 2 saturated heterocycles. The van der Waals surface area contributed by atoms with Crippen molar-refractivity contribution in [2.45, 2.75) is 63.6 Å². The Bertz CT molecular complexity index is 275. The Morgan fingerprint density at radius 2 is 2.17 bits per heavy atom. The van der Waals surface area contributed by atoms with Gasteiger partial charge in [-0.2, -0.15) is 0 Å². The molecule has 2 fully saturated rings. The van der Waals surface area contributed by atoms with E-state index >= 15 is 0 Å². The van der Waals surface area contributed by atoms with Gasteiger partial charge in [0.15, 0.2) is 6.29 Å². The van der Waals surface area contributed by atoms with E-state index in [1.807, 2.05) is 0 Å². The zero-order valence-electron chi connectivity index (χ0n) is 10.7. The monoisotopic (exact) mass is 258 g/mol. The number of carbonyl (C=O) groups is 1. The lowest BCUT2D eigenvalue weighted by molar-refractivity contribution is -0.217. The fraction of sp³-hybridized carbons (Fsp3) is 0.923. The van der Waals surface area contributed by atoms with E-state index < -0.39 is 18.3 Å². The van der Waals surface area contributed by atoms with Crippen LogP contribution in [0.4, 0.5) is 0 Å². The fourth-order valence-corrected chi connectivity index (χ4v) is 2.77. The Morgan fingerprint density at radius 3 is 2.78 bits per heavy atom. The number of carbonyl (C=O) groups excluding carboxylic acids is 1. The highest BCUT2D eigenvalue weighted by molar-refractivity contribution is 5.82. The van der Waals surface area contributed by atoms with Crippen LogP contribution in [-0.4, -0.2) is 47.2 Å². The Hall–Kier alpha value is -0.490. The number of aliphatic hydroxyl groups is 2. The summed E-state index contributed by atoms with van der Waals surface area (Å²) in [5, 5.41) is 19.6. The molecule has 0 aromatic rings. The largest absolute Gasteiger partial charge is 0.392 e. The van der Waals surface area contributed by atoms with Crippen molar-refractivity contribution in [1.29, 1.82) is 0 Å². The molecule has 5 nitrogen and oxygen atoms in total. The Morgan fingerprint density at radius 1 is 1.39 bits per heavy atom. The standard InChI is InChI=1S/C13H22O5/c1-8-7-11(15)12(13(16)18-8)10(14)5-4-9-3-2-6-17-9/h8-9,11-13,15-16H,2-7H2,1H3. The molecule has 5 heteroatoms. The Kier molecular flexibility index (Phi) is 4.72. The topological polar surface area (TPSA) is 76.0 Å². The molecule has 2 aliphatic heterocycles. The number of Topliss-reactive ketones (excluding diaryl/α,β-unsaturated/α-hetero) is 1. The molecule has 0 radical (unpaired) electrons. The third-order valence-electron chi connectivity index (χ3n) is 3.78. The van der Waals surface area contributed by atoms with Gasteiger partial charge in [0.2, 0.25) is 0 Å². The van der Waals surface area contributed by atoms with Gasteiger partial charge in [-0.15, -0.1) is 0 Å². The second-order valence-electron chi connectivity index (χ2n) is 5.31. The molecule has 5 unspecified atom stereocenters. The summed E-state index contributed by atoms with van der Waals surface area (Å²) in [4.78, 5) is 12.0. The third-order valence-corrected chi connectivity index (χ3v) is 3.78. The van der Waals surface area contributed by atoms with Gasteiger partial charge in [0.25, 0.3) is 0 Å². The zero-order chi connectivity index (χ0) is 13.1. The van der Waals surface area contributed by atoms with E-state index in [2.05, 4.69) is 0 Å². The van der Waals surface area contributed by atoms with E-state index in [0.29, 0.717) is 19.3 Å². The van der Waals surface area contributed by atoms with Crippen molar-refractivity contribution in [3.8, 4) is 0 Å². The van der Waals surface area contributed by atoms with Crippen molar-refractivity contribution in [3.63, 3.8) is 0 Å². The molecule has 0 saturated carbocycles. The molecule has 2 N–H and O–H groups in total. The number of rotatable bonds is 4. The molecule has 0 bridgehead atoms. The molecule has 0 aromatic heterocycles. The van der Waals surface area contributed by atoms with E-state index in [-0.39, 0.29) is 18.0 Å². The van der Waals surface area contributed by atoms with Crippen molar-refractivity contribution in [1.82, 2.24) is 0 Å². The van der Waals surface area contributed by atoms with Crippen molar-refractivity contribution in [2.75, 3.05) is 6.61 Å². The van der Waals surface area contributed by atoms with Gasteiger partial charge in [-0.05, 0) is 26.2 Å². The highest BCUT2D eigenvalue weighted by atomic mass is 16.6. The number of ether oxygens (including phenoxy) is 2. The number of hydrogen-bond donors (Lipinski definition) is 2. The first kappa shape index (κ1) is 13.9. The van der Waals surface area contributed by atoms with Gasteiger partial charge < -0.3 is 19.7 Å². The van der Waals surface area contributed by atoms with Gasteiger partial charge in [-0.3, -0.25) is 4.79 Å². The third kappa shape index (κ3) is 3.29. The number of hydrogen-bond acceptors (Lipinski definition) is 5. The number of aliphatic hydroxyl groups excluding tert-OH is 2. The van der Waals surface area contributed by atoms with Crippen LogP contribution in [0.2, 0.25) is 0 Å². The Labute approximate surface area is 107 Å². The first-order valence-corrected chi connectivity index (χ1v) is 6.74. The molecule has 2 aliphatic rings. The zero-order valence-corrected chi connectivity index (χ0v) is 10.7. The summed E-state index contributed by atoms with van der Waals surface area (Å²) < 4.78 is 10.7. The van der Waals surface area contributed by atoms with Gasteiger partial charge in [0, 0.05) is 19.4 Å². The lowest BCUT2D eigenvalue weighted by atomic mass is 9.87. The van der Waals surface area contributed by atoms with Gasteiger partial charge in [-0.1, -0.05) is 0 Å². The second kappa shape index (κ2) is 6.10. The molecule has 0 aliphatic carbocycles. The maximum atomic E-state index is 12.0. The lowest BCUT2D eigenvalue weighted by Gasteiger charge is -2.35. The van der Waals surface area contributed by atoms with Crippen LogP contribution in [0, 0.1) is 5.92 Å². The summed E-state index contributed by atoms with van der Waals surface area (Å²) in [5.41, 5.74) is 0. The van der Waals surface area contributed by atoms with E-state index in [4.69, 9.17) is 9.47 Å². The van der Waals surface area contributed by atoms with Crippen LogP contribution in [0.25, 0.3) is 0 Å². The summed E-state index contributed by atoms with van der Waals surface area (Å²) in [6.07, 6.45) is 1.41. The number of ketones is 1. The summed E-state index contributed by atoms with van der Waals surface area (Å²) in [5.74, 6) is -0.931. The normalized spacial score (nSPS) is 40.9. The van der Waals surface area contributed by atoms with E-state index in [0.717, 1.165) is 19.4 Å². The summed E-state index contributed by atoms with van der Waals surface area (Å²) in [6, 6.07) is 0. The van der Waals surface area contributed by atoms with Crippen LogP contribution in [0.5, 0.6) is 0 Å². The molecule has 2 rings (SSSR count). The summed E-state index contributed by atoms with van der Waals surface area (Å²) in [6.45, 7) is 2.55. The van der Waals surface area contributed by atoms with Gasteiger partial charge in [0.05, 0.1) is 24.2 Å². The van der Waals surface area contributed by atoms with Gasteiger partial charge >= 0.3 is 0 Å². The smallest absolute Gasteiger partial charge is 0.167 e. The summed E-state index contributed by atoms with van der Waals surface area (Å²) >= 11 is 0. The van der Waals surface area contributed by atoms with E-state index in [1.165, 1.54) is 0 Å². The average Bonchev–Trinajstić information content (AvgIpc) is 2.77. The van der Waals surface area contributed by atoms with Crippen LogP contribution >= 0.6 is 0 Å². The minimum Gasteiger partial charge on any atom is -0.392 e. The van der Waals surface area contributed by atoms with Crippen LogP contribution in [-0.2, 0) is 14.3 Å². The molecule has 0 aromatic carbocycles. The molecule has 18 heavy (non-hydrogen) atoms. The van der Waals surface area contributed by atoms with Crippen LogP contribution < -0.4 is 0 Å². The molecular weight excluding hydrogens is 236 g/mol. The van der Waals surface area contributed by atoms with Crippen LogP contribution in [0.3, 0.4) is 0 Å². The maximum absolute atomic E-state index is 12.0. The predicted molar refractivity (Wildman–Crippen MR) is 63.9 cm³/mol. The van der Waals surface area contributed by atoms with Crippen LogP contribution in [0.15, 0.2) is 0 Å². The van der Waals surface area contributed by atoms with E-state index in [1.54, 1.807) is 6.92 Å². The predicted octanol–water partition coefficient (Wildman–Crippen LogP) is 0.619. The molecule has 104 valence electrons. The minimum absolute atomic E-state index is 0.127. The highest BCUT2D eigenvalue weighted by Crippen LogP contribution is 2.27. The molecule has 5 atom stereocenters. The van der Waals surface area contributed by atoms with Gasteiger partial charge in [0.1, 0.15) is 5.78 Å². The SMILES string of the molecule is CC1CC(O)C(C(=O)CCC2CCCO2)C(O)O1. The first-order chi connectivity index (χ1) is 8.58. The van der Waals surface area contributed by atoms with E-state index in [9.17, 15) is 15.0 Å².